The number of furan rings is 1. The largest absolute Gasteiger partial charge is 0.456 e. The van der Waals surface area contributed by atoms with Gasteiger partial charge in [0.25, 0.3) is 0 Å². The first-order chi connectivity index (χ1) is 23.8. The summed E-state index contributed by atoms with van der Waals surface area (Å²) in [6.45, 7) is 0. The van der Waals surface area contributed by atoms with Crippen LogP contribution in [0.4, 0.5) is 0 Å². The first-order valence-electron chi connectivity index (χ1n) is 16.4. The summed E-state index contributed by atoms with van der Waals surface area (Å²) in [5, 5.41) is 12.7. The lowest BCUT2D eigenvalue weighted by Gasteiger charge is -2.20. The predicted octanol–water partition coefficient (Wildman–Crippen LogP) is 13.9. The lowest BCUT2D eigenvalue weighted by Crippen LogP contribution is -1.93. The molecule has 0 amide bonds. The van der Waals surface area contributed by atoms with Crippen LogP contribution in [0.3, 0.4) is 0 Å². The van der Waals surface area contributed by atoms with Crippen LogP contribution < -0.4 is 0 Å². The number of rotatable bonds is 3. The molecule has 0 aliphatic rings. The maximum Gasteiger partial charge on any atom is 0.136 e. The third-order valence-corrected chi connectivity index (χ3v) is 11.4. The standard InChI is InChI=1S/C46H26OS/c1-2-14-32(29(12-1)27-23-24-31-30-13-7-8-20-39(30)47-40(31)26-27)44-33-15-3-5-17-35(33)45(36-18-6-4-16-34(36)44)38-25-28-11-9-21-41-43(28)46-37(38)19-10-22-42(46)48-41/h1-26H. The van der Waals surface area contributed by atoms with Gasteiger partial charge in [0.1, 0.15) is 11.2 Å². The van der Waals surface area contributed by atoms with Gasteiger partial charge in [0.05, 0.1) is 0 Å². The zero-order valence-electron chi connectivity index (χ0n) is 25.8. The summed E-state index contributed by atoms with van der Waals surface area (Å²) in [5.41, 5.74) is 9.25. The van der Waals surface area contributed by atoms with Crippen LogP contribution in [0.15, 0.2) is 162 Å². The Morgan fingerprint density at radius 3 is 1.67 bits per heavy atom. The molecule has 0 bridgehead atoms. The van der Waals surface area contributed by atoms with Crippen molar-refractivity contribution in [3.8, 4) is 33.4 Å². The zero-order valence-corrected chi connectivity index (χ0v) is 26.6. The van der Waals surface area contributed by atoms with E-state index in [1.54, 1.807) is 0 Å². The molecule has 0 aliphatic carbocycles. The van der Waals surface area contributed by atoms with Gasteiger partial charge in [0.2, 0.25) is 0 Å². The molecule has 0 spiro atoms. The van der Waals surface area contributed by atoms with Gasteiger partial charge in [0, 0.05) is 30.9 Å². The minimum absolute atomic E-state index is 0.912. The highest BCUT2D eigenvalue weighted by atomic mass is 32.1. The number of benzene rings is 9. The Morgan fingerprint density at radius 2 is 0.917 bits per heavy atom. The Hall–Kier alpha value is -5.96. The fourth-order valence-corrected chi connectivity index (χ4v) is 9.40. The first-order valence-corrected chi connectivity index (χ1v) is 17.2. The van der Waals surface area contributed by atoms with Crippen molar-refractivity contribution in [1.82, 2.24) is 0 Å². The average molecular weight is 627 g/mol. The number of fused-ring (bicyclic) bond motifs is 5. The third-order valence-electron chi connectivity index (χ3n) is 10.2. The van der Waals surface area contributed by atoms with E-state index in [9.17, 15) is 0 Å². The van der Waals surface area contributed by atoms with Crippen molar-refractivity contribution in [3.63, 3.8) is 0 Å². The molecular formula is C46H26OS. The molecule has 0 saturated carbocycles. The summed E-state index contributed by atoms with van der Waals surface area (Å²) in [6, 6.07) is 57.7. The van der Waals surface area contributed by atoms with Crippen molar-refractivity contribution in [3.05, 3.63) is 158 Å². The van der Waals surface area contributed by atoms with Crippen LogP contribution in [-0.4, -0.2) is 0 Å². The van der Waals surface area contributed by atoms with E-state index < -0.39 is 0 Å². The number of para-hydroxylation sites is 1. The van der Waals surface area contributed by atoms with E-state index in [0.29, 0.717) is 0 Å². The van der Waals surface area contributed by atoms with Crippen LogP contribution in [0.1, 0.15) is 0 Å². The highest BCUT2D eigenvalue weighted by Gasteiger charge is 2.22. The molecule has 2 heteroatoms. The normalized spacial score (nSPS) is 12.2. The SMILES string of the molecule is c1ccc(-c2c3ccccc3c(-c3cc4cccc5sc6cccc3c6c45)c3ccccc23)c(-c2ccc3c(c2)oc2ccccc23)c1. The van der Waals surface area contributed by atoms with Gasteiger partial charge in [0.15, 0.2) is 0 Å². The van der Waals surface area contributed by atoms with E-state index in [-0.39, 0.29) is 0 Å². The molecule has 48 heavy (non-hydrogen) atoms. The van der Waals surface area contributed by atoms with Crippen molar-refractivity contribution in [1.29, 1.82) is 0 Å². The van der Waals surface area contributed by atoms with Crippen molar-refractivity contribution >= 4 is 85.8 Å². The monoisotopic (exact) mass is 626 g/mol. The molecule has 11 rings (SSSR count). The van der Waals surface area contributed by atoms with Gasteiger partial charge < -0.3 is 4.42 Å². The Morgan fingerprint density at radius 1 is 0.354 bits per heavy atom. The van der Waals surface area contributed by atoms with Crippen LogP contribution in [-0.2, 0) is 0 Å². The molecule has 0 unspecified atom stereocenters. The van der Waals surface area contributed by atoms with Crippen LogP contribution in [0, 0.1) is 0 Å². The average Bonchev–Trinajstić information content (AvgIpc) is 3.72. The smallest absolute Gasteiger partial charge is 0.136 e. The van der Waals surface area contributed by atoms with Gasteiger partial charge in [-0.15, -0.1) is 11.3 Å². The van der Waals surface area contributed by atoms with Gasteiger partial charge in [-0.2, -0.15) is 0 Å². The summed E-state index contributed by atoms with van der Waals surface area (Å²) in [6.07, 6.45) is 0. The topological polar surface area (TPSA) is 13.1 Å². The maximum absolute atomic E-state index is 6.34. The van der Waals surface area contributed by atoms with Gasteiger partial charge in [-0.1, -0.05) is 121 Å². The van der Waals surface area contributed by atoms with E-state index in [0.717, 1.165) is 27.5 Å². The molecule has 222 valence electrons. The molecule has 0 radical (unpaired) electrons. The Balaban J connectivity index is 1.23. The summed E-state index contributed by atoms with van der Waals surface area (Å²) in [7, 11) is 0. The zero-order chi connectivity index (χ0) is 31.3. The van der Waals surface area contributed by atoms with E-state index in [1.807, 2.05) is 23.5 Å². The van der Waals surface area contributed by atoms with Crippen LogP contribution in [0.5, 0.6) is 0 Å². The van der Waals surface area contributed by atoms with Crippen molar-refractivity contribution in [2.45, 2.75) is 0 Å². The molecule has 0 atom stereocenters. The highest BCUT2D eigenvalue weighted by molar-refractivity contribution is 7.26. The Bertz CT molecular complexity index is 3010. The summed E-state index contributed by atoms with van der Waals surface area (Å²) >= 11 is 1.90. The molecular weight excluding hydrogens is 601 g/mol. The van der Waals surface area contributed by atoms with E-state index >= 15 is 0 Å². The number of thiophene rings is 1. The summed E-state index contributed by atoms with van der Waals surface area (Å²) < 4.78 is 9.04. The lowest BCUT2D eigenvalue weighted by molar-refractivity contribution is 0.669. The second kappa shape index (κ2) is 9.78. The molecule has 0 N–H and O–H groups in total. The van der Waals surface area contributed by atoms with Crippen LogP contribution in [0.2, 0.25) is 0 Å². The number of hydrogen-bond donors (Lipinski definition) is 0. The summed E-state index contributed by atoms with van der Waals surface area (Å²) in [4.78, 5) is 0. The molecule has 1 nitrogen and oxygen atoms in total. The fourth-order valence-electron chi connectivity index (χ4n) is 8.23. The first kappa shape index (κ1) is 26.1. The molecule has 2 heterocycles. The molecule has 0 aliphatic heterocycles. The third kappa shape index (κ3) is 3.55. The highest BCUT2D eigenvalue weighted by Crippen LogP contribution is 2.50. The van der Waals surface area contributed by atoms with Gasteiger partial charge in [-0.05, 0) is 102 Å². The quantitative estimate of drug-likeness (QED) is 0.140. The lowest BCUT2D eigenvalue weighted by atomic mass is 9.82. The van der Waals surface area contributed by atoms with Crippen LogP contribution >= 0.6 is 11.3 Å². The Labute approximate surface area is 280 Å². The van der Waals surface area contributed by atoms with Crippen molar-refractivity contribution < 1.29 is 4.42 Å². The van der Waals surface area contributed by atoms with E-state index in [2.05, 4.69) is 146 Å². The van der Waals surface area contributed by atoms with E-state index in [4.69, 9.17) is 4.42 Å². The summed E-state index contributed by atoms with van der Waals surface area (Å²) in [5.74, 6) is 0. The number of hydrogen-bond acceptors (Lipinski definition) is 2. The minimum Gasteiger partial charge on any atom is -0.456 e. The van der Waals surface area contributed by atoms with Gasteiger partial charge in [-0.25, -0.2) is 0 Å². The molecule has 2 aromatic heterocycles. The molecule has 9 aromatic carbocycles. The second-order valence-electron chi connectivity index (χ2n) is 12.8. The van der Waals surface area contributed by atoms with Gasteiger partial charge in [-0.3, -0.25) is 0 Å². The van der Waals surface area contributed by atoms with Crippen molar-refractivity contribution in [2.75, 3.05) is 0 Å². The maximum atomic E-state index is 6.34. The Kier molecular flexibility index (Phi) is 5.32. The molecule has 0 saturated heterocycles. The predicted molar refractivity (Wildman–Crippen MR) is 207 cm³/mol. The van der Waals surface area contributed by atoms with Crippen molar-refractivity contribution in [2.24, 2.45) is 0 Å². The second-order valence-corrected chi connectivity index (χ2v) is 13.8. The minimum atomic E-state index is 0.912. The molecule has 0 fully saturated rings. The fraction of sp³-hybridized carbons (Fsp3) is 0. The van der Waals surface area contributed by atoms with E-state index in [1.165, 1.54) is 80.3 Å². The van der Waals surface area contributed by atoms with Crippen LogP contribution in [0.25, 0.3) is 108 Å². The molecule has 11 aromatic rings. The van der Waals surface area contributed by atoms with Gasteiger partial charge >= 0.3 is 0 Å².